The summed E-state index contributed by atoms with van der Waals surface area (Å²) < 4.78 is 17.3. The van der Waals surface area contributed by atoms with Crippen LogP contribution < -0.4 is 10.2 Å². The first kappa shape index (κ1) is 18.0. The normalized spacial score (nSPS) is 19.6. The van der Waals surface area contributed by atoms with Gasteiger partial charge in [0, 0.05) is 29.6 Å². The smallest absolute Gasteiger partial charge is 0.491 e. The third-order valence-corrected chi connectivity index (χ3v) is 3.77. The Morgan fingerprint density at radius 3 is 2.00 bits per heavy atom. The van der Waals surface area contributed by atoms with Crippen LogP contribution in [0.1, 0.15) is 27.7 Å². The van der Waals surface area contributed by atoms with Crippen molar-refractivity contribution in [3.05, 3.63) is 24.3 Å². The van der Waals surface area contributed by atoms with Gasteiger partial charge in [-0.2, -0.15) is 0 Å². The van der Waals surface area contributed by atoms with E-state index in [-0.39, 0.29) is 54.5 Å². The Labute approximate surface area is 143 Å². The van der Waals surface area contributed by atoms with E-state index in [1.165, 1.54) is 0 Å². The molecule has 6 heteroatoms. The van der Waals surface area contributed by atoms with E-state index in [4.69, 9.17) is 19.2 Å². The fourth-order valence-electron chi connectivity index (χ4n) is 1.86. The first-order valence-electron chi connectivity index (χ1n) is 6.55. The molecule has 1 heterocycles. The number of aliphatic hydroxyl groups is 1. The topological polar surface area (TPSA) is 47.9 Å². The molecular formula is C14H21BNaO4. The zero-order chi connectivity index (χ0) is 14.1. The Hall–Kier alpha value is -0.0351. The van der Waals surface area contributed by atoms with Crippen LogP contribution in [0.5, 0.6) is 5.75 Å². The van der Waals surface area contributed by atoms with Crippen LogP contribution >= 0.6 is 0 Å². The molecule has 0 saturated carbocycles. The Kier molecular flexibility index (Phi) is 6.14. The van der Waals surface area contributed by atoms with E-state index < -0.39 is 0 Å². The molecule has 0 spiro atoms. The van der Waals surface area contributed by atoms with Gasteiger partial charge in [0.05, 0.1) is 17.8 Å². The minimum absolute atomic E-state index is 0. The van der Waals surface area contributed by atoms with Gasteiger partial charge in [-0.15, -0.1) is 0 Å². The van der Waals surface area contributed by atoms with Crippen molar-refractivity contribution >= 4 is 42.1 Å². The summed E-state index contributed by atoms with van der Waals surface area (Å²) in [6.07, 6.45) is 0. The van der Waals surface area contributed by atoms with Gasteiger partial charge in [0.1, 0.15) is 12.4 Å². The predicted octanol–water partition coefficient (Wildman–Crippen LogP) is 0.976. The van der Waals surface area contributed by atoms with Crippen LogP contribution in [-0.4, -0.2) is 66.2 Å². The molecule has 0 aliphatic carbocycles. The Morgan fingerprint density at radius 2 is 1.55 bits per heavy atom. The second-order valence-electron chi connectivity index (χ2n) is 5.73. The number of ether oxygens (including phenoxy) is 1. The maximum absolute atomic E-state index is 8.71. The number of hydrogen-bond donors (Lipinski definition) is 1. The van der Waals surface area contributed by atoms with Crippen LogP contribution in [-0.2, 0) is 9.31 Å². The molecule has 0 aromatic heterocycles. The van der Waals surface area contributed by atoms with Crippen LogP contribution in [0.2, 0.25) is 0 Å². The van der Waals surface area contributed by atoms with Crippen molar-refractivity contribution < 1.29 is 19.2 Å². The van der Waals surface area contributed by atoms with Crippen LogP contribution in [0.3, 0.4) is 0 Å². The minimum atomic E-state index is -0.350. The largest absolute Gasteiger partial charge is 0.494 e. The van der Waals surface area contributed by atoms with Crippen LogP contribution in [0, 0.1) is 0 Å². The maximum Gasteiger partial charge on any atom is 0.494 e. The number of hydrogen-bond acceptors (Lipinski definition) is 4. The molecule has 1 aromatic rings. The van der Waals surface area contributed by atoms with E-state index in [0.29, 0.717) is 6.61 Å². The van der Waals surface area contributed by atoms with Gasteiger partial charge in [-0.25, -0.2) is 0 Å². The van der Waals surface area contributed by atoms with E-state index in [1.54, 1.807) is 0 Å². The van der Waals surface area contributed by atoms with Gasteiger partial charge >= 0.3 is 7.12 Å². The Bertz CT molecular complexity index is 417. The summed E-state index contributed by atoms with van der Waals surface area (Å²) in [6.45, 7) is 8.45. The van der Waals surface area contributed by atoms with E-state index >= 15 is 0 Å². The van der Waals surface area contributed by atoms with Gasteiger partial charge in [-0.05, 0) is 45.3 Å². The molecule has 1 aliphatic rings. The summed E-state index contributed by atoms with van der Waals surface area (Å²) in [5.74, 6) is 0.731. The molecule has 4 nitrogen and oxygen atoms in total. The summed E-state index contributed by atoms with van der Waals surface area (Å²) in [4.78, 5) is 0. The Balaban J connectivity index is 0.00000200. The Morgan fingerprint density at radius 1 is 1.05 bits per heavy atom. The van der Waals surface area contributed by atoms with Crippen molar-refractivity contribution in [3.63, 3.8) is 0 Å². The van der Waals surface area contributed by atoms with E-state index in [0.717, 1.165) is 11.2 Å². The van der Waals surface area contributed by atoms with Crippen LogP contribution in [0.25, 0.3) is 0 Å². The number of benzene rings is 1. The summed E-state index contributed by atoms with van der Waals surface area (Å²) in [5.41, 5.74) is 0.308. The van der Waals surface area contributed by atoms with Crippen LogP contribution in [0.4, 0.5) is 0 Å². The van der Waals surface area contributed by atoms with Gasteiger partial charge < -0.3 is 19.2 Å². The third kappa shape index (κ3) is 3.78. The zero-order valence-electron chi connectivity index (χ0n) is 13.0. The standard InChI is InChI=1S/C14H21BO4.Na/c1-13(2)14(3,4)19-15(18-13)11-5-7-12(8-6-11)17-10-9-16;/h5-8,16H,9-10H2,1-4H3;. The van der Waals surface area contributed by atoms with Gasteiger partial charge in [-0.3, -0.25) is 0 Å². The van der Waals surface area contributed by atoms with Crippen molar-refractivity contribution in [3.8, 4) is 5.75 Å². The predicted molar refractivity (Wildman–Crippen MR) is 80.5 cm³/mol. The molecule has 20 heavy (non-hydrogen) atoms. The maximum atomic E-state index is 8.71. The second-order valence-corrected chi connectivity index (χ2v) is 5.73. The molecule has 1 N–H and O–H groups in total. The van der Waals surface area contributed by atoms with Crippen molar-refractivity contribution in [2.24, 2.45) is 0 Å². The summed E-state index contributed by atoms with van der Waals surface area (Å²) >= 11 is 0. The summed E-state index contributed by atoms with van der Waals surface area (Å²) in [7, 11) is -0.350. The summed E-state index contributed by atoms with van der Waals surface area (Å²) in [5, 5.41) is 8.71. The molecule has 1 aromatic carbocycles. The average molecular weight is 287 g/mol. The molecule has 105 valence electrons. The fraction of sp³-hybridized carbons (Fsp3) is 0.571. The fourth-order valence-corrected chi connectivity index (χ4v) is 1.86. The third-order valence-electron chi connectivity index (χ3n) is 3.77. The first-order valence-corrected chi connectivity index (χ1v) is 6.55. The van der Waals surface area contributed by atoms with Crippen molar-refractivity contribution in [1.29, 1.82) is 0 Å². The molecule has 0 bridgehead atoms. The zero-order valence-corrected chi connectivity index (χ0v) is 15.0. The molecule has 1 radical (unpaired) electrons. The SMILES string of the molecule is CC1(C)OB(c2ccc(OCCO)cc2)OC1(C)C.[Na]. The van der Waals surface area contributed by atoms with E-state index in [2.05, 4.69) is 0 Å². The molecule has 1 fully saturated rings. The molecule has 1 saturated heterocycles. The number of rotatable bonds is 4. The van der Waals surface area contributed by atoms with Gasteiger partial charge in [0.15, 0.2) is 0 Å². The van der Waals surface area contributed by atoms with Gasteiger partial charge in [0.25, 0.3) is 0 Å². The van der Waals surface area contributed by atoms with Crippen molar-refractivity contribution in [1.82, 2.24) is 0 Å². The quantitative estimate of drug-likeness (QED) is 0.839. The molecule has 0 unspecified atom stereocenters. The van der Waals surface area contributed by atoms with E-state index in [9.17, 15) is 0 Å². The molecule has 1 aliphatic heterocycles. The van der Waals surface area contributed by atoms with Crippen molar-refractivity contribution in [2.75, 3.05) is 13.2 Å². The minimum Gasteiger partial charge on any atom is -0.491 e. The van der Waals surface area contributed by atoms with E-state index in [1.807, 2.05) is 52.0 Å². The molecule has 2 rings (SSSR count). The van der Waals surface area contributed by atoms with Crippen molar-refractivity contribution in [2.45, 2.75) is 38.9 Å². The number of aliphatic hydroxyl groups excluding tert-OH is 1. The van der Waals surface area contributed by atoms with Gasteiger partial charge in [0.2, 0.25) is 0 Å². The molecule has 0 atom stereocenters. The average Bonchev–Trinajstić information content (AvgIpc) is 2.56. The van der Waals surface area contributed by atoms with Gasteiger partial charge in [-0.1, -0.05) is 12.1 Å². The second kappa shape index (κ2) is 6.82. The van der Waals surface area contributed by atoms with Crippen LogP contribution in [0.15, 0.2) is 24.3 Å². The summed E-state index contributed by atoms with van der Waals surface area (Å²) in [6, 6.07) is 7.57. The monoisotopic (exact) mass is 287 g/mol. The molecular weight excluding hydrogens is 266 g/mol. The first-order chi connectivity index (χ1) is 8.86. The molecule has 0 amide bonds.